The van der Waals surface area contributed by atoms with Crippen molar-refractivity contribution in [1.29, 1.82) is 0 Å². The fraction of sp³-hybridized carbons (Fsp3) is 0.0714. The van der Waals surface area contributed by atoms with E-state index in [-0.39, 0.29) is 12.4 Å². The molecule has 0 atom stereocenters. The number of hydrogen-bond donors (Lipinski definition) is 0. The SMILES string of the molecule is O=Cc1cc(Br)cc(Br)c1OCc1cccc(F)c1. The third-order valence-corrected chi connectivity index (χ3v) is 3.48. The van der Waals surface area contributed by atoms with Crippen LogP contribution in [-0.2, 0) is 6.61 Å². The maximum absolute atomic E-state index is 13.0. The van der Waals surface area contributed by atoms with Gasteiger partial charge in [-0.3, -0.25) is 4.79 Å². The number of benzene rings is 2. The van der Waals surface area contributed by atoms with E-state index in [1.165, 1.54) is 12.1 Å². The highest BCUT2D eigenvalue weighted by Crippen LogP contribution is 2.32. The van der Waals surface area contributed by atoms with Gasteiger partial charge in [0.25, 0.3) is 0 Å². The molecule has 0 bridgehead atoms. The minimum Gasteiger partial charge on any atom is -0.487 e. The molecule has 5 heteroatoms. The van der Waals surface area contributed by atoms with Crippen LogP contribution in [0.2, 0.25) is 0 Å². The van der Waals surface area contributed by atoms with Gasteiger partial charge in [-0.2, -0.15) is 0 Å². The summed E-state index contributed by atoms with van der Waals surface area (Å²) in [6, 6.07) is 9.59. The molecule has 2 aromatic carbocycles. The van der Waals surface area contributed by atoms with Crippen LogP contribution in [0, 0.1) is 5.82 Å². The molecule has 0 fully saturated rings. The number of aldehydes is 1. The molecule has 0 amide bonds. The van der Waals surface area contributed by atoms with Crippen molar-refractivity contribution < 1.29 is 13.9 Å². The van der Waals surface area contributed by atoms with Gasteiger partial charge in [-0.1, -0.05) is 28.1 Å². The molecular formula is C14H9Br2FO2. The molecule has 2 rings (SSSR count). The Morgan fingerprint density at radius 3 is 2.68 bits per heavy atom. The highest BCUT2D eigenvalue weighted by Gasteiger charge is 2.10. The van der Waals surface area contributed by atoms with Gasteiger partial charge < -0.3 is 4.74 Å². The van der Waals surface area contributed by atoms with E-state index < -0.39 is 0 Å². The van der Waals surface area contributed by atoms with Crippen LogP contribution in [0.3, 0.4) is 0 Å². The number of halogens is 3. The summed E-state index contributed by atoms with van der Waals surface area (Å²) in [5, 5.41) is 0. The summed E-state index contributed by atoms with van der Waals surface area (Å²) < 4.78 is 20.1. The van der Waals surface area contributed by atoms with E-state index in [0.29, 0.717) is 21.3 Å². The number of carbonyl (C=O) groups is 1. The van der Waals surface area contributed by atoms with Gasteiger partial charge in [-0.05, 0) is 45.8 Å². The Kier molecular flexibility index (Phi) is 4.71. The molecule has 0 heterocycles. The number of hydrogen-bond acceptors (Lipinski definition) is 2. The molecular weight excluding hydrogens is 379 g/mol. The van der Waals surface area contributed by atoms with Crippen LogP contribution in [0.15, 0.2) is 45.3 Å². The Morgan fingerprint density at radius 2 is 2.00 bits per heavy atom. The quantitative estimate of drug-likeness (QED) is 0.708. The van der Waals surface area contributed by atoms with Crippen molar-refractivity contribution in [2.45, 2.75) is 6.61 Å². The largest absolute Gasteiger partial charge is 0.487 e. The van der Waals surface area contributed by atoms with Gasteiger partial charge in [0.2, 0.25) is 0 Å². The molecule has 2 nitrogen and oxygen atoms in total. The standard InChI is InChI=1S/C14H9Br2FO2/c15-11-5-10(7-18)14(13(16)6-11)19-8-9-2-1-3-12(17)4-9/h1-7H,8H2. The summed E-state index contributed by atoms with van der Waals surface area (Å²) in [5.74, 6) is 0.133. The summed E-state index contributed by atoms with van der Waals surface area (Å²) in [6.45, 7) is 0.193. The Bertz CT molecular complexity index is 614. The van der Waals surface area contributed by atoms with Gasteiger partial charge in [-0.15, -0.1) is 0 Å². The molecule has 98 valence electrons. The van der Waals surface area contributed by atoms with Crippen molar-refractivity contribution in [1.82, 2.24) is 0 Å². The first-order valence-electron chi connectivity index (χ1n) is 5.41. The van der Waals surface area contributed by atoms with Gasteiger partial charge in [0.15, 0.2) is 6.29 Å². The monoisotopic (exact) mass is 386 g/mol. The van der Waals surface area contributed by atoms with Crippen molar-refractivity contribution in [3.8, 4) is 5.75 Å². The highest BCUT2D eigenvalue weighted by molar-refractivity contribution is 9.11. The summed E-state index contributed by atoms with van der Waals surface area (Å²) in [6.07, 6.45) is 0.719. The number of rotatable bonds is 4. The molecule has 0 saturated carbocycles. The average molecular weight is 388 g/mol. The third kappa shape index (κ3) is 3.64. The van der Waals surface area contributed by atoms with Gasteiger partial charge in [0.05, 0.1) is 10.0 Å². The maximum Gasteiger partial charge on any atom is 0.153 e. The van der Waals surface area contributed by atoms with Crippen molar-refractivity contribution in [2.75, 3.05) is 0 Å². The molecule has 0 aliphatic heterocycles. The normalized spacial score (nSPS) is 10.3. The zero-order chi connectivity index (χ0) is 13.8. The van der Waals surface area contributed by atoms with E-state index in [1.54, 1.807) is 24.3 Å². The predicted molar refractivity (Wildman–Crippen MR) is 78.0 cm³/mol. The Morgan fingerprint density at radius 1 is 1.21 bits per heavy atom. The van der Waals surface area contributed by atoms with Crippen LogP contribution in [0.4, 0.5) is 4.39 Å². The van der Waals surface area contributed by atoms with E-state index in [4.69, 9.17) is 4.74 Å². The molecule has 0 aliphatic rings. The molecule has 0 aromatic heterocycles. The third-order valence-electron chi connectivity index (χ3n) is 2.44. The van der Waals surface area contributed by atoms with Gasteiger partial charge in [0, 0.05) is 4.47 Å². The smallest absolute Gasteiger partial charge is 0.153 e. The Balaban J connectivity index is 2.22. The lowest BCUT2D eigenvalue weighted by molar-refractivity contribution is 0.111. The first kappa shape index (κ1) is 14.2. The highest BCUT2D eigenvalue weighted by atomic mass is 79.9. The minimum absolute atomic E-state index is 0.193. The van der Waals surface area contributed by atoms with E-state index in [9.17, 15) is 9.18 Å². The summed E-state index contributed by atoms with van der Waals surface area (Å²) in [5.41, 5.74) is 1.13. The Hall–Kier alpha value is -1.20. The Labute approximate surface area is 126 Å². The van der Waals surface area contributed by atoms with Crippen LogP contribution in [0.25, 0.3) is 0 Å². The summed E-state index contributed by atoms with van der Waals surface area (Å²) in [7, 11) is 0. The lowest BCUT2D eigenvalue weighted by Gasteiger charge is -2.11. The molecule has 0 unspecified atom stereocenters. The van der Waals surface area contributed by atoms with Crippen LogP contribution in [0.5, 0.6) is 5.75 Å². The van der Waals surface area contributed by atoms with Gasteiger partial charge >= 0.3 is 0 Å². The molecule has 0 N–H and O–H groups in total. The molecule has 19 heavy (non-hydrogen) atoms. The lowest BCUT2D eigenvalue weighted by atomic mass is 10.2. The summed E-state index contributed by atoms with van der Waals surface area (Å²) >= 11 is 6.64. The first-order valence-corrected chi connectivity index (χ1v) is 7.00. The second-order valence-corrected chi connectivity index (χ2v) is 5.61. The van der Waals surface area contributed by atoms with Gasteiger partial charge in [-0.25, -0.2) is 4.39 Å². The molecule has 2 aromatic rings. The minimum atomic E-state index is -0.313. The van der Waals surface area contributed by atoms with Crippen molar-refractivity contribution in [3.63, 3.8) is 0 Å². The van der Waals surface area contributed by atoms with Crippen LogP contribution < -0.4 is 4.74 Å². The zero-order valence-corrected chi connectivity index (χ0v) is 12.9. The van der Waals surface area contributed by atoms with Crippen LogP contribution in [-0.4, -0.2) is 6.29 Å². The van der Waals surface area contributed by atoms with Crippen molar-refractivity contribution in [3.05, 3.63) is 62.3 Å². The molecule has 0 saturated heterocycles. The number of carbonyl (C=O) groups excluding carboxylic acids is 1. The lowest BCUT2D eigenvalue weighted by Crippen LogP contribution is -1.99. The van der Waals surface area contributed by atoms with Crippen LogP contribution >= 0.6 is 31.9 Å². The summed E-state index contributed by atoms with van der Waals surface area (Å²) in [4.78, 5) is 11.0. The predicted octanol–water partition coefficient (Wildman–Crippen LogP) is 4.74. The van der Waals surface area contributed by atoms with E-state index in [2.05, 4.69) is 31.9 Å². The zero-order valence-electron chi connectivity index (χ0n) is 9.70. The van der Waals surface area contributed by atoms with E-state index >= 15 is 0 Å². The van der Waals surface area contributed by atoms with Crippen LogP contribution in [0.1, 0.15) is 15.9 Å². The van der Waals surface area contributed by atoms with Crippen molar-refractivity contribution >= 4 is 38.1 Å². The molecule has 0 spiro atoms. The van der Waals surface area contributed by atoms with Gasteiger partial charge in [0.1, 0.15) is 18.2 Å². The molecule has 0 aliphatic carbocycles. The first-order chi connectivity index (χ1) is 9.10. The maximum atomic E-state index is 13.0. The van der Waals surface area contributed by atoms with E-state index in [0.717, 1.165) is 10.8 Å². The molecule has 0 radical (unpaired) electrons. The topological polar surface area (TPSA) is 26.3 Å². The fourth-order valence-corrected chi connectivity index (χ4v) is 2.98. The second-order valence-electron chi connectivity index (χ2n) is 3.84. The number of ether oxygens (including phenoxy) is 1. The van der Waals surface area contributed by atoms with Crippen molar-refractivity contribution in [2.24, 2.45) is 0 Å². The fourth-order valence-electron chi connectivity index (χ4n) is 1.60. The average Bonchev–Trinajstić information content (AvgIpc) is 2.37. The second kappa shape index (κ2) is 6.30. The van der Waals surface area contributed by atoms with E-state index in [1.807, 2.05) is 0 Å².